The zero-order valence-electron chi connectivity index (χ0n) is 13.5. The Balaban J connectivity index is 1.96. The fraction of sp³-hybridized carbons (Fsp3) is 0.278. The first kappa shape index (κ1) is 17.9. The molecule has 1 aliphatic rings. The molecule has 1 fully saturated rings. The Labute approximate surface area is 151 Å². The maximum Gasteiger partial charge on any atom is 0.336 e. The molecule has 5 nitrogen and oxygen atoms in total. The van der Waals surface area contributed by atoms with Crippen molar-refractivity contribution in [2.24, 2.45) is 0 Å². The van der Waals surface area contributed by atoms with Crippen molar-refractivity contribution < 1.29 is 18.3 Å². The molecule has 0 atom stereocenters. The summed E-state index contributed by atoms with van der Waals surface area (Å²) in [6, 6.07) is 10.8. The minimum Gasteiger partial charge on any atom is -0.478 e. The smallest absolute Gasteiger partial charge is 0.336 e. The van der Waals surface area contributed by atoms with E-state index in [9.17, 15) is 18.3 Å². The molecule has 132 valence electrons. The second-order valence-electron chi connectivity index (χ2n) is 5.98. The summed E-state index contributed by atoms with van der Waals surface area (Å²) in [4.78, 5) is 11.6. The summed E-state index contributed by atoms with van der Waals surface area (Å²) >= 11 is 5.98. The van der Waals surface area contributed by atoms with Crippen LogP contribution in [0.15, 0.2) is 47.4 Å². The molecule has 3 rings (SSSR count). The van der Waals surface area contributed by atoms with E-state index >= 15 is 0 Å². The van der Waals surface area contributed by atoms with Crippen LogP contribution in [0.4, 0.5) is 0 Å². The van der Waals surface area contributed by atoms with Crippen molar-refractivity contribution in [3.63, 3.8) is 0 Å². The lowest BCUT2D eigenvalue weighted by atomic mass is 10.00. The molecule has 7 heteroatoms. The van der Waals surface area contributed by atoms with E-state index in [1.165, 1.54) is 28.6 Å². The van der Waals surface area contributed by atoms with Crippen LogP contribution < -0.4 is 0 Å². The van der Waals surface area contributed by atoms with Gasteiger partial charge in [0.05, 0.1) is 10.5 Å². The van der Waals surface area contributed by atoms with Crippen LogP contribution in [0.2, 0.25) is 5.02 Å². The van der Waals surface area contributed by atoms with Gasteiger partial charge in [-0.2, -0.15) is 4.31 Å². The number of rotatable bonds is 4. The standard InChI is InChI=1S/C18H18ClNO4S/c19-14-6-9-16(18(21)22)17(12-14)13-4-7-15(8-5-13)25(23,24)20-10-2-1-3-11-20/h4-9,12H,1-3,10-11H2,(H,21,22). The number of benzene rings is 2. The van der Waals surface area contributed by atoms with Gasteiger partial charge in [-0.25, -0.2) is 13.2 Å². The molecule has 0 unspecified atom stereocenters. The number of hydrogen-bond donors (Lipinski definition) is 1. The zero-order valence-corrected chi connectivity index (χ0v) is 15.1. The van der Waals surface area contributed by atoms with Crippen LogP contribution in [0.25, 0.3) is 11.1 Å². The Morgan fingerprint density at radius 2 is 1.64 bits per heavy atom. The average molecular weight is 380 g/mol. The lowest BCUT2D eigenvalue weighted by molar-refractivity contribution is 0.0697. The average Bonchev–Trinajstić information content (AvgIpc) is 2.62. The van der Waals surface area contributed by atoms with Gasteiger partial charge in [0.15, 0.2) is 0 Å². The monoisotopic (exact) mass is 379 g/mol. The van der Waals surface area contributed by atoms with Gasteiger partial charge in [-0.1, -0.05) is 30.2 Å². The molecule has 1 aliphatic heterocycles. The second-order valence-corrected chi connectivity index (χ2v) is 8.36. The summed E-state index contributed by atoms with van der Waals surface area (Å²) < 4.78 is 26.9. The van der Waals surface area contributed by atoms with Crippen molar-refractivity contribution in [2.75, 3.05) is 13.1 Å². The topological polar surface area (TPSA) is 74.7 Å². The van der Waals surface area contributed by atoms with Crippen LogP contribution in [-0.4, -0.2) is 36.9 Å². The van der Waals surface area contributed by atoms with Crippen LogP contribution >= 0.6 is 11.6 Å². The predicted molar refractivity (Wildman–Crippen MR) is 96.5 cm³/mol. The summed E-state index contributed by atoms with van der Waals surface area (Å²) in [7, 11) is -3.50. The number of aromatic carboxylic acids is 1. The fourth-order valence-electron chi connectivity index (χ4n) is 3.00. The van der Waals surface area contributed by atoms with Crippen molar-refractivity contribution in [1.82, 2.24) is 4.31 Å². The van der Waals surface area contributed by atoms with E-state index in [0.717, 1.165) is 19.3 Å². The Morgan fingerprint density at radius 3 is 2.24 bits per heavy atom. The maximum atomic E-state index is 12.7. The fourth-order valence-corrected chi connectivity index (χ4v) is 4.69. The number of carbonyl (C=O) groups is 1. The van der Waals surface area contributed by atoms with Gasteiger partial charge < -0.3 is 5.11 Å². The first-order valence-corrected chi connectivity index (χ1v) is 9.85. The highest BCUT2D eigenvalue weighted by atomic mass is 35.5. The maximum absolute atomic E-state index is 12.7. The molecule has 0 aromatic heterocycles. The van der Waals surface area contributed by atoms with E-state index in [1.807, 2.05) is 0 Å². The highest BCUT2D eigenvalue weighted by molar-refractivity contribution is 7.89. The number of carboxylic acid groups (broad SMARTS) is 1. The lowest BCUT2D eigenvalue weighted by Crippen LogP contribution is -2.35. The minimum absolute atomic E-state index is 0.121. The van der Waals surface area contributed by atoms with E-state index in [4.69, 9.17) is 11.6 Å². The summed E-state index contributed by atoms with van der Waals surface area (Å²) in [6.07, 6.45) is 2.81. The largest absolute Gasteiger partial charge is 0.478 e. The molecular formula is C18H18ClNO4S. The van der Waals surface area contributed by atoms with Crippen molar-refractivity contribution in [2.45, 2.75) is 24.2 Å². The van der Waals surface area contributed by atoms with Gasteiger partial charge in [0.2, 0.25) is 10.0 Å². The number of hydrogen-bond acceptors (Lipinski definition) is 3. The molecule has 25 heavy (non-hydrogen) atoms. The number of carboxylic acids is 1. The van der Waals surface area contributed by atoms with E-state index in [2.05, 4.69) is 0 Å². The van der Waals surface area contributed by atoms with E-state index in [1.54, 1.807) is 18.2 Å². The van der Waals surface area contributed by atoms with Crippen LogP contribution in [0, 0.1) is 0 Å². The van der Waals surface area contributed by atoms with E-state index < -0.39 is 16.0 Å². The molecule has 0 amide bonds. The number of piperidine rings is 1. The highest BCUT2D eigenvalue weighted by Gasteiger charge is 2.25. The van der Waals surface area contributed by atoms with Gasteiger partial charge in [0.1, 0.15) is 0 Å². The number of nitrogens with zero attached hydrogens (tertiary/aromatic N) is 1. The summed E-state index contributed by atoms with van der Waals surface area (Å²) in [6.45, 7) is 1.09. The quantitative estimate of drug-likeness (QED) is 0.874. The first-order valence-electron chi connectivity index (χ1n) is 8.03. The summed E-state index contributed by atoms with van der Waals surface area (Å²) in [5, 5.41) is 9.75. The van der Waals surface area contributed by atoms with Crippen LogP contribution in [0.3, 0.4) is 0 Å². The predicted octanol–water partition coefficient (Wildman–Crippen LogP) is 3.88. The number of sulfonamides is 1. The number of halogens is 1. The van der Waals surface area contributed by atoms with Crippen molar-refractivity contribution in [3.8, 4) is 11.1 Å². The summed E-state index contributed by atoms with van der Waals surface area (Å²) in [5.74, 6) is -1.06. The van der Waals surface area contributed by atoms with Crippen molar-refractivity contribution in [3.05, 3.63) is 53.1 Å². The van der Waals surface area contributed by atoms with Crippen molar-refractivity contribution >= 4 is 27.6 Å². The third-order valence-electron chi connectivity index (χ3n) is 4.33. The van der Waals surface area contributed by atoms with Gasteiger partial charge >= 0.3 is 5.97 Å². The van der Waals surface area contributed by atoms with Crippen LogP contribution in [-0.2, 0) is 10.0 Å². The van der Waals surface area contributed by atoms with Gasteiger partial charge in [0.25, 0.3) is 0 Å². The minimum atomic E-state index is -3.50. The SMILES string of the molecule is O=C(O)c1ccc(Cl)cc1-c1ccc(S(=O)(=O)N2CCCCC2)cc1. The molecular weight excluding hydrogens is 362 g/mol. The zero-order chi connectivity index (χ0) is 18.0. The van der Waals surface area contributed by atoms with E-state index in [0.29, 0.717) is 29.2 Å². The summed E-state index contributed by atoms with van der Waals surface area (Å²) in [5.41, 5.74) is 1.19. The highest BCUT2D eigenvalue weighted by Crippen LogP contribution is 2.29. The third-order valence-corrected chi connectivity index (χ3v) is 6.48. The molecule has 1 heterocycles. The van der Waals surface area contributed by atoms with Gasteiger partial charge in [0, 0.05) is 18.1 Å². The molecule has 0 saturated carbocycles. The molecule has 1 N–H and O–H groups in total. The Morgan fingerprint density at radius 1 is 1.00 bits per heavy atom. The Hall–Kier alpha value is -1.89. The Kier molecular flexibility index (Phi) is 5.13. The van der Waals surface area contributed by atoms with Crippen molar-refractivity contribution in [1.29, 1.82) is 0 Å². The second kappa shape index (κ2) is 7.15. The third kappa shape index (κ3) is 3.71. The van der Waals surface area contributed by atoms with E-state index in [-0.39, 0.29) is 10.5 Å². The Bertz CT molecular complexity index is 888. The van der Waals surface area contributed by atoms with Gasteiger partial charge in [-0.05, 0) is 54.3 Å². The molecule has 2 aromatic carbocycles. The first-order chi connectivity index (χ1) is 11.9. The van der Waals surface area contributed by atoms with Crippen LogP contribution in [0.5, 0.6) is 0 Å². The molecule has 0 bridgehead atoms. The molecule has 0 spiro atoms. The normalized spacial score (nSPS) is 15.9. The lowest BCUT2D eigenvalue weighted by Gasteiger charge is -2.25. The van der Waals surface area contributed by atoms with Gasteiger partial charge in [-0.3, -0.25) is 0 Å². The molecule has 1 saturated heterocycles. The van der Waals surface area contributed by atoms with Crippen LogP contribution in [0.1, 0.15) is 29.6 Å². The molecule has 0 radical (unpaired) electrons. The van der Waals surface area contributed by atoms with Gasteiger partial charge in [-0.15, -0.1) is 0 Å². The molecule has 2 aromatic rings. The molecule has 0 aliphatic carbocycles.